The van der Waals surface area contributed by atoms with E-state index in [1.165, 1.54) is 0 Å². The Hall–Kier alpha value is -2.74. The van der Waals surface area contributed by atoms with Crippen LogP contribution in [0.4, 0.5) is 0 Å². The SMILES string of the molecule is Cc1ccc2ncc(C(=O)N3CCCCC3c3nnc(CN(C)C)o3)n2c1. The second kappa shape index (κ2) is 7.11. The molecular weight excluding hydrogens is 344 g/mol. The number of fused-ring (bicyclic) bond motifs is 1. The molecule has 27 heavy (non-hydrogen) atoms. The highest BCUT2D eigenvalue weighted by Crippen LogP contribution is 2.31. The number of carbonyl (C=O) groups excluding carboxylic acids is 1. The predicted molar refractivity (Wildman–Crippen MR) is 99.2 cm³/mol. The van der Waals surface area contributed by atoms with Crippen LogP contribution in [0.2, 0.25) is 0 Å². The normalized spacial score (nSPS) is 17.8. The maximum Gasteiger partial charge on any atom is 0.273 e. The largest absolute Gasteiger partial charge is 0.422 e. The molecule has 0 aromatic carbocycles. The van der Waals surface area contributed by atoms with Crippen molar-refractivity contribution in [3.05, 3.63) is 47.6 Å². The van der Waals surface area contributed by atoms with E-state index in [4.69, 9.17) is 4.42 Å². The monoisotopic (exact) mass is 368 g/mol. The first kappa shape index (κ1) is 17.7. The van der Waals surface area contributed by atoms with Crippen LogP contribution in [0.5, 0.6) is 0 Å². The third-order valence-electron chi connectivity index (χ3n) is 4.86. The van der Waals surface area contributed by atoms with Gasteiger partial charge in [-0.25, -0.2) is 4.98 Å². The van der Waals surface area contributed by atoms with Gasteiger partial charge in [0, 0.05) is 12.7 Å². The van der Waals surface area contributed by atoms with Crippen LogP contribution in [0, 0.1) is 6.92 Å². The van der Waals surface area contributed by atoms with Gasteiger partial charge in [-0.15, -0.1) is 10.2 Å². The molecule has 0 N–H and O–H groups in total. The molecule has 1 unspecified atom stereocenters. The Balaban J connectivity index is 1.64. The Bertz CT molecular complexity index is 960. The Morgan fingerprint density at radius 2 is 2.15 bits per heavy atom. The molecule has 0 radical (unpaired) electrons. The molecule has 0 bridgehead atoms. The van der Waals surface area contributed by atoms with Crippen molar-refractivity contribution in [3.8, 4) is 0 Å². The molecular formula is C19H24N6O2. The predicted octanol–water partition coefficient (Wildman–Crippen LogP) is 2.45. The van der Waals surface area contributed by atoms with E-state index in [1.807, 2.05) is 53.5 Å². The third-order valence-corrected chi connectivity index (χ3v) is 4.86. The number of likely N-dealkylation sites (tertiary alicyclic amines) is 1. The lowest BCUT2D eigenvalue weighted by molar-refractivity contribution is 0.0561. The van der Waals surface area contributed by atoms with Crippen LogP contribution in [0.1, 0.15) is 53.1 Å². The average Bonchev–Trinajstić information content (AvgIpc) is 3.27. The summed E-state index contributed by atoms with van der Waals surface area (Å²) in [5.74, 6) is 1.04. The van der Waals surface area contributed by atoms with Gasteiger partial charge in [-0.3, -0.25) is 9.20 Å². The summed E-state index contributed by atoms with van der Waals surface area (Å²) in [5.41, 5.74) is 2.41. The van der Waals surface area contributed by atoms with Crippen molar-refractivity contribution in [3.63, 3.8) is 0 Å². The number of hydrogen-bond acceptors (Lipinski definition) is 6. The van der Waals surface area contributed by atoms with Crippen molar-refractivity contribution in [2.45, 2.75) is 38.8 Å². The van der Waals surface area contributed by atoms with Gasteiger partial charge in [0.25, 0.3) is 5.91 Å². The van der Waals surface area contributed by atoms with Crippen LogP contribution in [0.3, 0.4) is 0 Å². The number of pyridine rings is 1. The van der Waals surface area contributed by atoms with Gasteiger partial charge in [0.05, 0.1) is 12.7 Å². The molecule has 8 heteroatoms. The number of hydrogen-bond donors (Lipinski definition) is 0. The zero-order valence-electron chi connectivity index (χ0n) is 15.9. The highest BCUT2D eigenvalue weighted by atomic mass is 16.4. The van der Waals surface area contributed by atoms with E-state index >= 15 is 0 Å². The summed E-state index contributed by atoms with van der Waals surface area (Å²) in [5, 5.41) is 8.36. The molecule has 0 spiro atoms. The van der Waals surface area contributed by atoms with Gasteiger partial charge in [0.2, 0.25) is 11.8 Å². The average molecular weight is 368 g/mol. The lowest BCUT2D eigenvalue weighted by Crippen LogP contribution is -2.39. The quantitative estimate of drug-likeness (QED) is 0.704. The molecule has 142 valence electrons. The number of amides is 1. The molecule has 3 aromatic rings. The molecule has 1 aliphatic rings. The zero-order chi connectivity index (χ0) is 19.0. The van der Waals surface area contributed by atoms with Gasteiger partial charge in [-0.1, -0.05) is 6.07 Å². The Kier molecular flexibility index (Phi) is 4.65. The van der Waals surface area contributed by atoms with Crippen molar-refractivity contribution in [2.75, 3.05) is 20.6 Å². The Morgan fingerprint density at radius 3 is 2.96 bits per heavy atom. The third kappa shape index (κ3) is 3.44. The van der Waals surface area contributed by atoms with Crippen molar-refractivity contribution in [1.82, 2.24) is 29.4 Å². The smallest absolute Gasteiger partial charge is 0.273 e. The van der Waals surface area contributed by atoms with Crippen LogP contribution < -0.4 is 0 Å². The lowest BCUT2D eigenvalue weighted by Gasteiger charge is -2.33. The second-order valence-corrected chi connectivity index (χ2v) is 7.36. The molecule has 3 aromatic heterocycles. The number of carbonyl (C=O) groups is 1. The molecule has 1 saturated heterocycles. The van der Waals surface area contributed by atoms with Gasteiger partial charge in [-0.2, -0.15) is 0 Å². The molecule has 8 nitrogen and oxygen atoms in total. The second-order valence-electron chi connectivity index (χ2n) is 7.36. The van der Waals surface area contributed by atoms with Gasteiger partial charge >= 0.3 is 0 Å². The topological polar surface area (TPSA) is 79.8 Å². The van der Waals surface area contributed by atoms with Gasteiger partial charge in [0.1, 0.15) is 17.4 Å². The number of nitrogens with zero attached hydrogens (tertiary/aromatic N) is 6. The number of imidazole rings is 1. The molecule has 0 aliphatic carbocycles. The number of rotatable bonds is 4. The Labute approximate surface area is 157 Å². The van der Waals surface area contributed by atoms with Crippen molar-refractivity contribution < 1.29 is 9.21 Å². The summed E-state index contributed by atoms with van der Waals surface area (Å²) in [6.07, 6.45) is 6.42. The van der Waals surface area contributed by atoms with Crippen molar-refractivity contribution in [2.24, 2.45) is 0 Å². The van der Waals surface area contributed by atoms with E-state index in [0.717, 1.165) is 30.5 Å². The zero-order valence-corrected chi connectivity index (χ0v) is 15.9. The minimum absolute atomic E-state index is 0.0508. The fourth-order valence-corrected chi connectivity index (χ4v) is 3.56. The van der Waals surface area contributed by atoms with Crippen LogP contribution in [0.15, 0.2) is 28.9 Å². The summed E-state index contributed by atoms with van der Waals surface area (Å²) < 4.78 is 7.71. The molecule has 1 fully saturated rings. The first-order valence-corrected chi connectivity index (χ1v) is 9.24. The fraction of sp³-hybridized carbons (Fsp3) is 0.474. The number of aryl methyl sites for hydroxylation is 1. The van der Waals surface area contributed by atoms with E-state index in [1.54, 1.807) is 6.20 Å². The number of piperidine rings is 1. The van der Waals surface area contributed by atoms with Crippen LogP contribution in [0.25, 0.3) is 5.65 Å². The molecule has 0 saturated carbocycles. The minimum Gasteiger partial charge on any atom is -0.422 e. The van der Waals surface area contributed by atoms with Crippen LogP contribution in [-0.4, -0.2) is 55.9 Å². The van der Waals surface area contributed by atoms with E-state index < -0.39 is 0 Å². The first-order chi connectivity index (χ1) is 13.0. The van der Waals surface area contributed by atoms with Gasteiger partial charge in [0.15, 0.2) is 0 Å². The summed E-state index contributed by atoms with van der Waals surface area (Å²) >= 11 is 0. The Morgan fingerprint density at radius 1 is 1.30 bits per heavy atom. The standard InChI is InChI=1S/C19H24N6O2/c1-13-7-8-16-20-10-15(25(16)11-13)19(26)24-9-5-4-6-14(24)18-22-21-17(27-18)12-23(2)3/h7-8,10-11,14H,4-6,9,12H2,1-3H3. The first-order valence-electron chi connectivity index (χ1n) is 9.24. The lowest BCUT2D eigenvalue weighted by atomic mass is 10.0. The number of aromatic nitrogens is 4. The van der Waals surface area contributed by atoms with Crippen molar-refractivity contribution >= 4 is 11.6 Å². The summed E-state index contributed by atoms with van der Waals surface area (Å²) in [6, 6.07) is 3.72. The highest BCUT2D eigenvalue weighted by Gasteiger charge is 2.33. The van der Waals surface area contributed by atoms with E-state index in [0.29, 0.717) is 30.6 Å². The van der Waals surface area contributed by atoms with Crippen molar-refractivity contribution in [1.29, 1.82) is 0 Å². The molecule has 1 atom stereocenters. The van der Waals surface area contributed by atoms with Gasteiger partial charge in [-0.05, 0) is 51.9 Å². The molecule has 4 rings (SSSR count). The highest BCUT2D eigenvalue weighted by molar-refractivity contribution is 5.93. The van der Waals surface area contributed by atoms with E-state index in [2.05, 4.69) is 15.2 Å². The molecule has 1 aliphatic heterocycles. The van der Waals surface area contributed by atoms with Crippen LogP contribution >= 0.6 is 0 Å². The molecule has 1 amide bonds. The van der Waals surface area contributed by atoms with Gasteiger partial charge < -0.3 is 14.2 Å². The maximum atomic E-state index is 13.3. The summed E-state index contributed by atoms with van der Waals surface area (Å²) in [7, 11) is 3.90. The van der Waals surface area contributed by atoms with Crippen LogP contribution in [-0.2, 0) is 6.54 Å². The van der Waals surface area contributed by atoms with E-state index in [9.17, 15) is 4.79 Å². The summed E-state index contributed by atoms with van der Waals surface area (Å²) in [4.78, 5) is 21.5. The molecule has 4 heterocycles. The minimum atomic E-state index is -0.190. The summed E-state index contributed by atoms with van der Waals surface area (Å²) in [6.45, 7) is 3.26. The van der Waals surface area contributed by atoms with E-state index in [-0.39, 0.29) is 11.9 Å². The fourth-order valence-electron chi connectivity index (χ4n) is 3.56. The maximum absolute atomic E-state index is 13.3.